The van der Waals surface area contributed by atoms with Crippen LogP contribution in [-0.2, 0) is 6.54 Å². The van der Waals surface area contributed by atoms with E-state index in [-0.39, 0.29) is 5.75 Å². The maximum atomic E-state index is 9.41. The molecule has 2 aromatic carbocycles. The van der Waals surface area contributed by atoms with Gasteiger partial charge < -0.3 is 10.4 Å². The lowest BCUT2D eigenvalue weighted by Gasteiger charge is -2.07. The summed E-state index contributed by atoms with van der Waals surface area (Å²) in [6.45, 7) is 0.660. The number of aromatic hydroxyl groups is 1. The van der Waals surface area contributed by atoms with Crippen molar-refractivity contribution in [1.82, 2.24) is 15.0 Å². The first-order valence-corrected chi connectivity index (χ1v) is 6.30. The standard InChI is InChI=1S/C15H14N4O/c20-15-3-1-2-12(10-15)11-16-13-4-6-14(7-5-13)19-17-8-9-18-19/h1-10,16,20H,11H2. The number of rotatable bonds is 4. The van der Waals surface area contributed by atoms with Crippen molar-refractivity contribution in [3.05, 3.63) is 66.5 Å². The molecular formula is C15H14N4O. The number of hydrogen-bond acceptors (Lipinski definition) is 4. The molecule has 0 aliphatic carbocycles. The highest BCUT2D eigenvalue weighted by Gasteiger charge is 1.99. The summed E-state index contributed by atoms with van der Waals surface area (Å²) in [6, 6.07) is 15.1. The zero-order valence-corrected chi connectivity index (χ0v) is 10.8. The molecule has 0 radical (unpaired) electrons. The van der Waals surface area contributed by atoms with E-state index in [0.717, 1.165) is 16.9 Å². The Kier molecular flexibility index (Phi) is 3.33. The van der Waals surface area contributed by atoms with Crippen LogP contribution in [0.15, 0.2) is 60.9 Å². The van der Waals surface area contributed by atoms with Crippen LogP contribution in [0, 0.1) is 0 Å². The fraction of sp³-hybridized carbons (Fsp3) is 0.0667. The van der Waals surface area contributed by atoms with Crippen LogP contribution >= 0.6 is 0 Å². The fourth-order valence-electron chi connectivity index (χ4n) is 1.93. The minimum atomic E-state index is 0.282. The Morgan fingerprint density at radius 2 is 1.75 bits per heavy atom. The van der Waals surface area contributed by atoms with Gasteiger partial charge in [-0.2, -0.15) is 15.0 Å². The summed E-state index contributed by atoms with van der Waals surface area (Å²) >= 11 is 0. The molecule has 0 aliphatic heterocycles. The molecule has 5 heteroatoms. The Bertz CT molecular complexity index is 677. The van der Waals surface area contributed by atoms with Crippen LogP contribution in [0.5, 0.6) is 5.75 Å². The molecule has 0 atom stereocenters. The van der Waals surface area contributed by atoms with Crippen LogP contribution in [0.25, 0.3) is 5.69 Å². The van der Waals surface area contributed by atoms with Gasteiger partial charge in [0.15, 0.2) is 0 Å². The zero-order valence-electron chi connectivity index (χ0n) is 10.8. The van der Waals surface area contributed by atoms with Crippen LogP contribution in [0.2, 0.25) is 0 Å². The molecule has 0 bridgehead atoms. The molecule has 0 spiro atoms. The molecule has 0 aliphatic rings. The number of aromatic nitrogens is 3. The third-order valence-corrected chi connectivity index (χ3v) is 2.92. The SMILES string of the molecule is Oc1cccc(CNc2ccc(-n3nccn3)cc2)c1. The second-order valence-electron chi connectivity index (χ2n) is 4.39. The van der Waals surface area contributed by atoms with E-state index in [1.54, 1.807) is 29.3 Å². The summed E-state index contributed by atoms with van der Waals surface area (Å²) in [5.74, 6) is 0.282. The monoisotopic (exact) mass is 266 g/mol. The van der Waals surface area contributed by atoms with Gasteiger partial charge >= 0.3 is 0 Å². The average molecular weight is 266 g/mol. The summed E-state index contributed by atoms with van der Waals surface area (Å²) in [7, 11) is 0. The molecule has 0 amide bonds. The Labute approximate surface area is 116 Å². The molecule has 100 valence electrons. The summed E-state index contributed by atoms with van der Waals surface area (Å²) in [5, 5.41) is 20.9. The van der Waals surface area contributed by atoms with E-state index in [9.17, 15) is 5.11 Å². The minimum Gasteiger partial charge on any atom is -0.508 e. The first kappa shape index (κ1) is 12.2. The lowest BCUT2D eigenvalue weighted by Crippen LogP contribution is -2.01. The Hall–Kier alpha value is -2.82. The van der Waals surface area contributed by atoms with Crippen LogP contribution in [0.1, 0.15) is 5.56 Å². The number of phenols is 1. The van der Waals surface area contributed by atoms with E-state index >= 15 is 0 Å². The van der Waals surface area contributed by atoms with Gasteiger partial charge in [0, 0.05) is 12.2 Å². The maximum absolute atomic E-state index is 9.41. The van der Waals surface area contributed by atoms with Crippen LogP contribution in [0.3, 0.4) is 0 Å². The minimum absolute atomic E-state index is 0.282. The van der Waals surface area contributed by atoms with Crippen LogP contribution in [-0.4, -0.2) is 20.1 Å². The number of nitrogens with zero attached hydrogens (tertiary/aromatic N) is 3. The van der Waals surface area contributed by atoms with Gasteiger partial charge in [-0.25, -0.2) is 0 Å². The number of anilines is 1. The van der Waals surface area contributed by atoms with E-state index in [4.69, 9.17) is 0 Å². The Morgan fingerprint density at radius 3 is 2.45 bits per heavy atom. The number of benzene rings is 2. The van der Waals surface area contributed by atoms with Gasteiger partial charge in [0.1, 0.15) is 5.75 Å². The van der Waals surface area contributed by atoms with Crippen molar-refractivity contribution in [3.63, 3.8) is 0 Å². The molecule has 2 N–H and O–H groups in total. The van der Waals surface area contributed by atoms with Crippen LogP contribution < -0.4 is 5.32 Å². The molecule has 5 nitrogen and oxygen atoms in total. The summed E-state index contributed by atoms with van der Waals surface area (Å²) < 4.78 is 0. The highest BCUT2D eigenvalue weighted by molar-refractivity contribution is 5.48. The van der Waals surface area contributed by atoms with Crippen molar-refractivity contribution in [3.8, 4) is 11.4 Å². The normalized spacial score (nSPS) is 10.4. The van der Waals surface area contributed by atoms with Crippen molar-refractivity contribution < 1.29 is 5.11 Å². The number of hydrogen-bond donors (Lipinski definition) is 2. The van der Waals surface area contributed by atoms with Gasteiger partial charge in [-0.3, -0.25) is 0 Å². The lowest BCUT2D eigenvalue weighted by atomic mass is 10.2. The fourth-order valence-corrected chi connectivity index (χ4v) is 1.93. The van der Waals surface area contributed by atoms with Gasteiger partial charge in [0.25, 0.3) is 0 Å². The lowest BCUT2D eigenvalue weighted by molar-refractivity contribution is 0.474. The zero-order chi connectivity index (χ0) is 13.8. The van der Waals surface area contributed by atoms with E-state index in [1.807, 2.05) is 36.4 Å². The topological polar surface area (TPSA) is 63.0 Å². The smallest absolute Gasteiger partial charge is 0.115 e. The number of phenolic OH excluding ortho intramolecular Hbond substituents is 1. The molecule has 1 aromatic heterocycles. The van der Waals surface area contributed by atoms with Crippen molar-refractivity contribution in [1.29, 1.82) is 0 Å². The van der Waals surface area contributed by atoms with Gasteiger partial charge in [-0.15, -0.1) is 0 Å². The molecule has 3 aromatic rings. The van der Waals surface area contributed by atoms with Crippen molar-refractivity contribution in [2.24, 2.45) is 0 Å². The summed E-state index contributed by atoms with van der Waals surface area (Å²) in [4.78, 5) is 1.57. The van der Waals surface area contributed by atoms with Crippen molar-refractivity contribution in [2.75, 3.05) is 5.32 Å². The van der Waals surface area contributed by atoms with E-state index in [2.05, 4.69) is 15.5 Å². The quantitative estimate of drug-likeness (QED) is 0.762. The molecule has 0 fully saturated rings. The highest BCUT2D eigenvalue weighted by atomic mass is 16.3. The first-order valence-electron chi connectivity index (χ1n) is 6.30. The second-order valence-corrected chi connectivity index (χ2v) is 4.39. The highest BCUT2D eigenvalue weighted by Crippen LogP contribution is 2.15. The molecule has 1 heterocycles. The average Bonchev–Trinajstić information content (AvgIpc) is 3.00. The maximum Gasteiger partial charge on any atom is 0.115 e. The van der Waals surface area contributed by atoms with Crippen molar-refractivity contribution >= 4 is 5.69 Å². The third-order valence-electron chi connectivity index (χ3n) is 2.92. The molecule has 0 saturated heterocycles. The molecular weight excluding hydrogens is 252 g/mol. The van der Waals surface area contributed by atoms with E-state index < -0.39 is 0 Å². The van der Waals surface area contributed by atoms with Crippen molar-refractivity contribution in [2.45, 2.75) is 6.54 Å². The van der Waals surface area contributed by atoms with E-state index in [0.29, 0.717) is 6.54 Å². The van der Waals surface area contributed by atoms with Crippen LogP contribution in [0.4, 0.5) is 5.69 Å². The Morgan fingerprint density at radius 1 is 1.00 bits per heavy atom. The molecule has 0 saturated carbocycles. The summed E-state index contributed by atoms with van der Waals surface area (Å²) in [5.41, 5.74) is 2.95. The third kappa shape index (κ3) is 2.77. The molecule has 0 unspecified atom stereocenters. The first-order chi connectivity index (χ1) is 9.81. The van der Waals surface area contributed by atoms with E-state index in [1.165, 1.54) is 0 Å². The predicted octanol–water partition coefficient (Wildman–Crippen LogP) is 2.59. The number of nitrogens with one attached hydrogen (secondary N) is 1. The summed E-state index contributed by atoms with van der Waals surface area (Å²) in [6.07, 6.45) is 3.29. The predicted molar refractivity (Wildman–Crippen MR) is 76.8 cm³/mol. The largest absolute Gasteiger partial charge is 0.508 e. The molecule has 3 rings (SSSR count). The van der Waals surface area contributed by atoms with Gasteiger partial charge in [0.2, 0.25) is 0 Å². The Balaban J connectivity index is 1.67. The second kappa shape index (κ2) is 5.44. The van der Waals surface area contributed by atoms with Gasteiger partial charge in [0.05, 0.1) is 18.1 Å². The van der Waals surface area contributed by atoms with Gasteiger partial charge in [-0.1, -0.05) is 12.1 Å². The molecule has 20 heavy (non-hydrogen) atoms. The van der Waals surface area contributed by atoms with Gasteiger partial charge in [-0.05, 0) is 42.0 Å².